The van der Waals surface area contributed by atoms with E-state index < -0.39 is 0 Å². The van der Waals surface area contributed by atoms with Gasteiger partial charge in [-0.1, -0.05) is 54.2 Å². The zero-order valence-electron chi connectivity index (χ0n) is 10.5. The summed E-state index contributed by atoms with van der Waals surface area (Å²) in [5.41, 5.74) is 0.144. The molecule has 0 radical (unpaired) electrons. The van der Waals surface area contributed by atoms with Crippen molar-refractivity contribution in [2.45, 2.75) is 9.79 Å². The van der Waals surface area contributed by atoms with Crippen molar-refractivity contribution < 1.29 is 4.92 Å². The highest BCUT2D eigenvalue weighted by molar-refractivity contribution is 7.99. The number of benzene rings is 3. The average Bonchev–Trinajstić information content (AvgIpc) is 2.47. The second-order valence-corrected chi connectivity index (χ2v) is 5.45. The van der Waals surface area contributed by atoms with Crippen LogP contribution in [0.3, 0.4) is 0 Å². The van der Waals surface area contributed by atoms with Gasteiger partial charge < -0.3 is 0 Å². The zero-order chi connectivity index (χ0) is 13.9. The van der Waals surface area contributed by atoms with Crippen molar-refractivity contribution in [2.24, 2.45) is 0 Å². The third kappa shape index (κ3) is 2.51. The molecule has 98 valence electrons. The Balaban J connectivity index is 1.99. The first-order chi connectivity index (χ1) is 9.74. The molecule has 0 unspecified atom stereocenters. The van der Waals surface area contributed by atoms with Gasteiger partial charge in [-0.2, -0.15) is 0 Å². The van der Waals surface area contributed by atoms with E-state index in [1.807, 2.05) is 36.4 Å². The lowest BCUT2D eigenvalue weighted by Gasteiger charge is -2.04. The van der Waals surface area contributed by atoms with Gasteiger partial charge >= 0.3 is 0 Å². The molecule has 3 rings (SSSR count). The van der Waals surface area contributed by atoms with Gasteiger partial charge in [-0.05, 0) is 29.0 Å². The monoisotopic (exact) mass is 281 g/mol. The molecular formula is C16H11NO2S. The Morgan fingerprint density at radius 1 is 0.850 bits per heavy atom. The van der Waals surface area contributed by atoms with Crippen molar-refractivity contribution in [3.63, 3.8) is 0 Å². The Hall–Kier alpha value is -2.33. The number of hydrogen-bond acceptors (Lipinski definition) is 3. The van der Waals surface area contributed by atoms with E-state index in [-0.39, 0.29) is 10.6 Å². The molecule has 0 atom stereocenters. The maximum atomic E-state index is 11.0. The van der Waals surface area contributed by atoms with Crippen LogP contribution in [0.5, 0.6) is 0 Å². The highest BCUT2D eigenvalue weighted by Gasteiger charge is 2.13. The van der Waals surface area contributed by atoms with E-state index in [0.29, 0.717) is 4.90 Å². The fourth-order valence-corrected chi connectivity index (χ4v) is 3.02. The van der Waals surface area contributed by atoms with Crippen LogP contribution in [-0.2, 0) is 0 Å². The van der Waals surface area contributed by atoms with E-state index in [2.05, 4.69) is 12.1 Å². The summed E-state index contributed by atoms with van der Waals surface area (Å²) in [5.74, 6) is 0. The molecule has 3 nitrogen and oxygen atoms in total. The zero-order valence-corrected chi connectivity index (χ0v) is 11.3. The predicted molar refractivity (Wildman–Crippen MR) is 81.2 cm³/mol. The molecule has 3 aromatic carbocycles. The van der Waals surface area contributed by atoms with Crippen molar-refractivity contribution in [1.29, 1.82) is 0 Å². The highest BCUT2D eigenvalue weighted by atomic mass is 32.2. The Labute approximate surface area is 120 Å². The topological polar surface area (TPSA) is 43.1 Å². The molecule has 0 spiro atoms. The smallest absolute Gasteiger partial charge is 0.258 e. The standard InChI is InChI=1S/C16H11NO2S/c18-17(19)15-7-3-4-8-16(15)20-14-10-9-12-5-1-2-6-13(12)11-14/h1-11H. The van der Waals surface area contributed by atoms with Crippen LogP contribution in [0, 0.1) is 10.1 Å². The minimum absolute atomic E-state index is 0.144. The first-order valence-corrected chi connectivity index (χ1v) is 6.96. The van der Waals surface area contributed by atoms with Crippen molar-refractivity contribution in [3.05, 3.63) is 76.8 Å². The van der Waals surface area contributed by atoms with Crippen LogP contribution in [0.4, 0.5) is 5.69 Å². The maximum Gasteiger partial charge on any atom is 0.283 e. The van der Waals surface area contributed by atoms with Crippen LogP contribution in [0.1, 0.15) is 0 Å². The molecule has 0 fully saturated rings. The molecule has 4 heteroatoms. The molecule has 3 aromatic rings. The minimum Gasteiger partial charge on any atom is -0.258 e. The second-order valence-electron chi connectivity index (χ2n) is 4.34. The fourth-order valence-electron chi connectivity index (χ4n) is 2.05. The van der Waals surface area contributed by atoms with E-state index in [1.54, 1.807) is 12.1 Å². The average molecular weight is 281 g/mol. The van der Waals surface area contributed by atoms with Gasteiger partial charge in [0.05, 0.1) is 9.82 Å². The number of nitro benzene ring substituents is 1. The quantitative estimate of drug-likeness (QED) is 0.506. The van der Waals surface area contributed by atoms with Crippen LogP contribution in [0.25, 0.3) is 10.8 Å². The number of hydrogen-bond donors (Lipinski definition) is 0. The SMILES string of the molecule is O=[N+]([O-])c1ccccc1Sc1ccc2ccccc2c1. The van der Waals surface area contributed by atoms with E-state index in [1.165, 1.54) is 23.2 Å². The molecule has 0 saturated carbocycles. The first kappa shape index (κ1) is 12.7. The second kappa shape index (κ2) is 5.35. The van der Waals surface area contributed by atoms with Gasteiger partial charge in [0.25, 0.3) is 5.69 Å². The molecule has 0 amide bonds. The molecule has 0 N–H and O–H groups in total. The summed E-state index contributed by atoms with van der Waals surface area (Å²) in [6.45, 7) is 0. The summed E-state index contributed by atoms with van der Waals surface area (Å²) in [7, 11) is 0. The van der Waals surface area contributed by atoms with Crippen molar-refractivity contribution in [3.8, 4) is 0 Å². The summed E-state index contributed by atoms with van der Waals surface area (Å²) >= 11 is 1.42. The lowest BCUT2D eigenvalue weighted by atomic mass is 10.1. The summed E-state index contributed by atoms with van der Waals surface area (Å²) in [5, 5.41) is 13.3. The van der Waals surface area contributed by atoms with Crippen LogP contribution in [0.2, 0.25) is 0 Å². The van der Waals surface area contributed by atoms with Crippen LogP contribution >= 0.6 is 11.8 Å². The number of nitrogens with zero attached hydrogens (tertiary/aromatic N) is 1. The van der Waals surface area contributed by atoms with Gasteiger partial charge in [0.15, 0.2) is 0 Å². The van der Waals surface area contributed by atoms with E-state index in [4.69, 9.17) is 0 Å². The number of fused-ring (bicyclic) bond motifs is 1. The van der Waals surface area contributed by atoms with E-state index >= 15 is 0 Å². The van der Waals surface area contributed by atoms with Crippen molar-refractivity contribution in [2.75, 3.05) is 0 Å². The molecule has 0 bridgehead atoms. The van der Waals surface area contributed by atoms with E-state index in [9.17, 15) is 10.1 Å². The highest BCUT2D eigenvalue weighted by Crippen LogP contribution is 2.35. The van der Waals surface area contributed by atoms with Crippen LogP contribution < -0.4 is 0 Å². The van der Waals surface area contributed by atoms with Gasteiger partial charge in [0.2, 0.25) is 0 Å². The predicted octanol–water partition coefficient (Wildman–Crippen LogP) is 4.90. The molecule has 0 heterocycles. The molecule has 20 heavy (non-hydrogen) atoms. The summed E-state index contributed by atoms with van der Waals surface area (Å²) in [4.78, 5) is 12.3. The Bertz CT molecular complexity index is 786. The molecule has 0 aliphatic rings. The van der Waals surface area contributed by atoms with Gasteiger partial charge in [-0.15, -0.1) is 0 Å². The van der Waals surface area contributed by atoms with Gasteiger partial charge in [0.1, 0.15) is 0 Å². The minimum atomic E-state index is -0.344. The Morgan fingerprint density at radius 2 is 1.55 bits per heavy atom. The largest absolute Gasteiger partial charge is 0.283 e. The third-order valence-corrected chi connectivity index (χ3v) is 4.07. The normalized spacial score (nSPS) is 10.6. The molecule has 0 aliphatic carbocycles. The molecule has 0 aliphatic heterocycles. The molecular weight excluding hydrogens is 270 g/mol. The Kier molecular flexibility index (Phi) is 3.39. The summed E-state index contributed by atoms with van der Waals surface area (Å²) < 4.78 is 0. The van der Waals surface area contributed by atoms with Crippen molar-refractivity contribution >= 4 is 28.2 Å². The lowest BCUT2D eigenvalue weighted by Crippen LogP contribution is -1.89. The van der Waals surface area contributed by atoms with Crippen LogP contribution in [-0.4, -0.2) is 4.92 Å². The number of para-hydroxylation sites is 1. The maximum absolute atomic E-state index is 11.0. The first-order valence-electron chi connectivity index (χ1n) is 6.14. The van der Waals surface area contributed by atoms with E-state index in [0.717, 1.165) is 10.3 Å². The van der Waals surface area contributed by atoms with Gasteiger partial charge in [0, 0.05) is 11.0 Å². The third-order valence-electron chi connectivity index (χ3n) is 3.01. The fraction of sp³-hybridized carbons (Fsp3) is 0. The number of rotatable bonds is 3. The lowest BCUT2D eigenvalue weighted by molar-refractivity contribution is -0.387. The molecule has 0 saturated heterocycles. The van der Waals surface area contributed by atoms with Crippen LogP contribution in [0.15, 0.2) is 76.5 Å². The van der Waals surface area contributed by atoms with Gasteiger partial charge in [-0.25, -0.2) is 0 Å². The number of nitro groups is 1. The summed E-state index contributed by atoms with van der Waals surface area (Å²) in [6.07, 6.45) is 0. The van der Waals surface area contributed by atoms with Crippen molar-refractivity contribution in [1.82, 2.24) is 0 Å². The molecule has 0 aromatic heterocycles. The van der Waals surface area contributed by atoms with Gasteiger partial charge in [-0.3, -0.25) is 10.1 Å². The summed E-state index contributed by atoms with van der Waals surface area (Å²) in [6, 6.07) is 21.0. The Morgan fingerprint density at radius 3 is 2.35 bits per heavy atom.